The molecular formula is C39H27N3O30S9. The van der Waals surface area contributed by atoms with Crippen LogP contribution in [-0.4, -0.2) is 88.2 Å². The molecule has 3 amide bonds. The van der Waals surface area contributed by atoms with Gasteiger partial charge in [0.15, 0.2) is 0 Å². The lowest BCUT2D eigenvalue weighted by Crippen LogP contribution is -2.20. The molecule has 0 radical (unpaired) electrons. The van der Waals surface area contributed by atoms with Crippen LogP contribution in [-0.2, 0) is 86.6 Å². The largest absolute Gasteiger partial charge is 0.321 e. The van der Waals surface area contributed by atoms with Crippen molar-refractivity contribution in [1.29, 1.82) is 0 Å². The minimum Gasteiger partial charge on any atom is -0.321 e. The second-order valence-corrected chi connectivity index (χ2v) is 23.7. The highest BCUT2D eigenvalue weighted by molar-refractivity contribution is 7.96. The van der Waals surface area contributed by atoms with Crippen LogP contribution in [0.25, 0.3) is 32.3 Å². The summed E-state index contributed by atoms with van der Waals surface area (Å²) in [6.07, 6.45) is 0. The van der Waals surface area contributed by atoms with Gasteiger partial charge in [0.25, 0.3) is 48.1 Å². The maximum atomic E-state index is 14.7. The van der Waals surface area contributed by atoms with Crippen LogP contribution < -0.4 is 16.0 Å². The van der Waals surface area contributed by atoms with Gasteiger partial charge in [-0.2, -0.15) is 25.3 Å². The molecule has 0 aliphatic rings. The first-order valence-corrected chi connectivity index (χ1v) is 29.0. The lowest BCUT2D eigenvalue weighted by Gasteiger charge is -2.17. The van der Waals surface area contributed by atoms with E-state index in [4.69, 9.17) is 31.5 Å². The van der Waals surface area contributed by atoms with Crippen LogP contribution in [0.15, 0.2) is 135 Å². The first-order valence-electron chi connectivity index (χ1n) is 20.3. The van der Waals surface area contributed by atoms with E-state index in [0.717, 1.165) is 60.7 Å². The molecule has 0 saturated heterocycles. The summed E-state index contributed by atoms with van der Waals surface area (Å²) in [6, 6.07) is 15.1. The molecule has 0 aliphatic heterocycles. The topological polar surface area (TPSA) is 483 Å². The Morgan fingerprint density at radius 2 is 0.654 bits per heavy atom. The lowest BCUT2D eigenvalue weighted by atomic mass is 10.0. The zero-order valence-electron chi connectivity index (χ0n) is 38.4. The molecule has 0 bridgehead atoms. The van der Waals surface area contributed by atoms with E-state index in [2.05, 4.69) is 72.2 Å². The van der Waals surface area contributed by atoms with Gasteiger partial charge in [0.1, 0.15) is 4.90 Å². The zero-order chi connectivity index (χ0) is 58.8. The Bertz CT molecular complexity index is 3880. The number of nitrogens with one attached hydrogen (secondary N) is 3. The maximum absolute atomic E-state index is 14.7. The van der Waals surface area contributed by atoms with E-state index in [9.17, 15) is 53.3 Å². The molecular weight excluding hydrogens is 1280 g/mol. The third kappa shape index (κ3) is 16.1. The summed E-state index contributed by atoms with van der Waals surface area (Å²) in [5.74, 6) is -3.79. The van der Waals surface area contributed by atoms with Crippen LogP contribution in [0.2, 0.25) is 0 Å². The second kappa shape index (κ2) is 27.9. The van der Waals surface area contributed by atoms with E-state index < -0.39 is 96.2 Å². The fourth-order valence-electron chi connectivity index (χ4n) is 7.31. The summed E-state index contributed by atoms with van der Waals surface area (Å²) < 4.78 is 133. The van der Waals surface area contributed by atoms with Gasteiger partial charge in [0, 0.05) is 62.2 Å². The molecule has 42 heteroatoms. The normalized spacial score (nSPS) is 12.1. The van der Waals surface area contributed by atoms with E-state index in [0.29, 0.717) is 36.1 Å². The van der Waals surface area contributed by atoms with Crippen molar-refractivity contribution < 1.29 is 141 Å². The number of benzene rings is 7. The minimum absolute atomic E-state index is 0.0317. The number of hydrogen-bond donors (Lipinski definition) is 12. The minimum atomic E-state index is -5.25. The Balaban J connectivity index is 1.44. The quantitative estimate of drug-likeness (QED) is 0.00987. The molecule has 0 aliphatic carbocycles. The Hall–Kier alpha value is -5.16. The summed E-state index contributed by atoms with van der Waals surface area (Å²) in [5, 5.41) is 81.5. The van der Waals surface area contributed by atoms with Gasteiger partial charge in [0.05, 0.1) is 99.1 Å². The molecule has 0 heterocycles. The van der Waals surface area contributed by atoms with Crippen molar-refractivity contribution in [1.82, 2.24) is 0 Å². The number of amides is 3. The average Bonchev–Trinajstić information content (AvgIpc) is 3.60. The van der Waals surface area contributed by atoms with Gasteiger partial charge >= 0.3 is 0 Å². The van der Waals surface area contributed by atoms with Gasteiger partial charge in [-0.15, -0.1) is 26.0 Å². The Kier molecular flexibility index (Phi) is 21.9. The molecule has 7 rings (SSSR count). The van der Waals surface area contributed by atoms with E-state index in [1.165, 1.54) is 30.3 Å². The molecule has 0 aromatic heterocycles. The summed E-state index contributed by atoms with van der Waals surface area (Å²) in [7, 11) is -15.4. The van der Waals surface area contributed by atoms with Crippen molar-refractivity contribution in [3.05, 3.63) is 108 Å². The van der Waals surface area contributed by atoms with Crippen LogP contribution in [0.4, 0.5) is 17.1 Å². The highest BCUT2D eigenvalue weighted by Gasteiger charge is 2.27. The first-order chi connectivity index (χ1) is 38.5. The predicted molar refractivity (Wildman–Crippen MR) is 276 cm³/mol. The lowest BCUT2D eigenvalue weighted by molar-refractivity contribution is -0.432. The number of rotatable bonds is 27. The third-order valence-corrected chi connectivity index (χ3v) is 16.2. The van der Waals surface area contributed by atoms with E-state index in [-0.39, 0.29) is 98.1 Å². The van der Waals surface area contributed by atoms with Crippen molar-refractivity contribution in [2.24, 2.45) is 0 Å². The van der Waals surface area contributed by atoms with Crippen molar-refractivity contribution in [2.45, 2.75) is 44.1 Å². The Morgan fingerprint density at radius 3 is 1.02 bits per heavy atom. The highest BCUT2D eigenvalue weighted by Crippen LogP contribution is 2.43. The van der Waals surface area contributed by atoms with Crippen LogP contribution in [0.1, 0.15) is 31.1 Å². The number of carbonyl (C=O) groups is 3. The first kappa shape index (κ1) is 63.4. The zero-order valence-corrected chi connectivity index (χ0v) is 45.8. The molecule has 432 valence electrons. The molecule has 0 unspecified atom stereocenters. The molecule has 0 spiro atoms. The number of carbonyl (C=O) groups excluding carboxylic acids is 3. The van der Waals surface area contributed by atoms with Gasteiger partial charge in [-0.3, -0.25) is 28.0 Å². The van der Waals surface area contributed by atoms with Crippen molar-refractivity contribution in [3.63, 3.8) is 0 Å². The number of fused-ring (bicyclic) bond motifs is 3. The van der Waals surface area contributed by atoms with Crippen LogP contribution in [0.3, 0.4) is 0 Å². The van der Waals surface area contributed by atoms with E-state index >= 15 is 0 Å². The molecule has 7 aromatic rings. The van der Waals surface area contributed by atoms with Crippen LogP contribution in [0.5, 0.6) is 0 Å². The fourth-order valence-corrected chi connectivity index (χ4v) is 12.4. The smallest absolute Gasteiger partial charge is 0.295 e. The molecule has 0 fully saturated rings. The standard InChI is InChI=1S/C39H27N3O30S9/c43-37(40-28-10-23(74-68-62-47)6-17-9-27(80(55,56)57)15-32(34(17)28)78-72-66-51)19-1-20(38(44)41-29-11-22(73-67-61-46)4-16-5-25(76-70-64-49)13-33(36(16)29)81(58,59)60)3-21(2-19)39(45)42-30-14-26(79(52,53)54)8-18-7-24(75-69-63-48)12-31(35(18)30)77-71-65-50/h1-15,46-51H,(H,40,43)(H,41,44)(H,42,45)(H,52,53,54)(H,55,56,57)(H,58,59,60). The maximum Gasteiger partial charge on any atom is 0.295 e. The van der Waals surface area contributed by atoms with Crippen molar-refractivity contribution in [3.8, 4) is 0 Å². The Morgan fingerprint density at radius 1 is 0.346 bits per heavy atom. The number of anilines is 3. The average molecular weight is 1310 g/mol. The van der Waals surface area contributed by atoms with E-state index in [1.54, 1.807) is 0 Å². The Labute approximate surface area is 475 Å². The van der Waals surface area contributed by atoms with Crippen molar-refractivity contribution >= 4 is 170 Å². The van der Waals surface area contributed by atoms with E-state index in [1.807, 2.05) is 0 Å². The van der Waals surface area contributed by atoms with Crippen LogP contribution >= 0.6 is 72.3 Å². The number of hydrogen-bond acceptors (Lipinski definition) is 33. The molecule has 33 nitrogen and oxygen atoms in total. The fraction of sp³-hybridized carbons (Fsp3) is 0. The predicted octanol–water partition coefficient (Wildman–Crippen LogP) is 9.21. The molecule has 0 saturated carbocycles. The second-order valence-electron chi connectivity index (χ2n) is 14.9. The summed E-state index contributed by atoms with van der Waals surface area (Å²) in [4.78, 5) is 40.9. The van der Waals surface area contributed by atoms with Gasteiger partial charge in [-0.25, -0.2) is 31.5 Å². The molecule has 7 aromatic carbocycles. The summed E-state index contributed by atoms with van der Waals surface area (Å²) in [5.41, 5.74) is -3.13. The summed E-state index contributed by atoms with van der Waals surface area (Å²) in [6.45, 7) is 0. The highest BCUT2D eigenvalue weighted by atomic mass is 32.2. The van der Waals surface area contributed by atoms with Gasteiger partial charge in [-0.05, 0) is 107 Å². The molecule has 12 N–H and O–H groups in total. The van der Waals surface area contributed by atoms with Gasteiger partial charge in [-0.1, -0.05) is 30.2 Å². The SMILES string of the molecule is O=C(Nc1cc(S(=O)(=O)O)cc2cc(SOOO)cc(SOOO)c12)c1cc(C(=O)Nc2cc(SOOO)cc3cc(S(=O)(=O)O)cc(SOOO)c23)cc(C(=O)Nc2cc(SOOO)cc3cc(SOOO)cc(S(=O)(=O)O)c23)c1. The third-order valence-electron chi connectivity index (χ3n) is 10.2. The molecule has 0 atom stereocenters. The van der Waals surface area contributed by atoms with Crippen LogP contribution in [0, 0.1) is 0 Å². The van der Waals surface area contributed by atoms with Gasteiger partial charge in [0.2, 0.25) is 0 Å². The molecule has 81 heavy (non-hydrogen) atoms. The van der Waals surface area contributed by atoms with Crippen molar-refractivity contribution in [2.75, 3.05) is 16.0 Å². The monoisotopic (exact) mass is 1300 g/mol. The summed E-state index contributed by atoms with van der Waals surface area (Å²) >= 11 is 1.64. The van der Waals surface area contributed by atoms with Gasteiger partial charge < -0.3 is 16.0 Å².